The van der Waals surface area contributed by atoms with Gasteiger partial charge in [0.25, 0.3) is 0 Å². The molecular formula is C20H26F3N5O4. The first-order valence-electron chi connectivity index (χ1n) is 10.1. The number of alkyl halides is 3. The molecule has 3 rings (SSSR count). The minimum absolute atomic E-state index is 0.0716. The molecule has 2 aromatic rings. The molecule has 1 saturated heterocycles. The summed E-state index contributed by atoms with van der Waals surface area (Å²) in [5.41, 5.74) is 3.55. The molecule has 2 atom stereocenters. The first-order valence-corrected chi connectivity index (χ1v) is 10.1. The average molecular weight is 457 g/mol. The van der Waals surface area contributed by atoms with Gasteiger partial charge >= 0.3 is 18.3 Å². The fraction of sp³-hybridized carbons (Fsp3) is 0.550. The lowest BCUT2D eigenvalue weighted by Crippen LogP contribution is -2.53. The summed E-state index contributed by atoms with van der Waals surface area (Å²) in [6.45, 7) is 7.96. The highest BCUT2D eigenvalue weighted by Crippen LogP contribution is 2.27. The maximum absolute atomic E-state index is 12.5. The number of aryl methyl sites for hydroxylation is 1. The van der Waals surface area contributed by atoms with Crippen LogP contribution in [0.1, 0.15) is 29.5 Å². The van der Waals surface area contributed by atoms with Gasteiger partial charge in [-0.1, -0.05) is 11.2 Å². The normalized spacial score (nSPS) is 18.6. The predicted octanol–water partition coefficient (Wildman–Crippen LogP) is 3.08. The van der Waals surface area contributed by atoms with Gasteiger partial charge < -0.3 is 24.8 Å². The van der Waals surface area contributed by atoms with Crippen molar-refractivity contribution < 1.29 is 32.6 Å². The lowest BCUT2D eigenvalue weighted by Gasteiger charge is -2.38. The lowest BCUT2D eigenvalue weighted by atomic mass is 10.0. The molecule has 1 aromatic carbocycles. The largest absolute Gasteiger partial charge is 0.465 e. The molecule has 1 aromatic heterocycles. The second-order valence-corrected chi connectivity index (χ2v) is 8.04. The van der Waals surface area contributed by atoms with Crippen molar-refractivity contribution >= 4 is 17.8 Å². The summed E-state index contributed by atoms with van der Waals surface area (Å²) in [5.74, 6) is -0.326. The van der Waals surface area contributed by atoms with Crippen LogP contribution in [-0.4, -0.2) is 74.3 Å². The van der Waals surface area contributed by atoms with Crippen molar-refractivity contribution in [3.63, 3.8) is 0 Å². The summed E-state index contributed by atoms with van der Waals surface area (Å²) in [5, 5.41) is 28.6. The molecule has 9 nitrogen and oxygen atoms in total. The number of aliphatic hydroxyl groups excluding tert-OH is 1. The molecule has 176 valence electrons. The van der Waals surface area contributed by atoms with Crippen molar-refractivity contribution in [2.75, 3.05) is 25.0 Å². The van der Waals surface area contributed by atoms with Crippen molar-refractivity contribution in [3.8, 4) is 0 Å². The number of rotatable bonds is 6. The molecule has 1 aliphatic rings. The van der Waals surface area contributed by atoms with Gasteiger partial charge in [-0.05, 0) is 43.5 Å². The van der Waals surface area contributed by atoms with Crippen LogP contribution in [0.15, 0.2) is 16.5 Å². The van der Waals surface area contributed by atoms with E-state index in [4.69, 9.17) is 9.52 Å². The Kier molecular flexibility index (Phi) is 6.94. The standard InChI is InChI=1S/C20H26F3N5O4/c1-11-6-14(10-27-4-5-28(19(30)31)12(2)9-27)13(3)15(7-11)24-18-26-25-17(32-18)8-16(29)20(21,22)23/h6-7,12,16,29H,4-5,8-10H2,1-3H3,(H,24,26)(H,30,31)/t12-,16?/m0/s1. The Balaban J connectivity index is 1.70. The average Bonchev–Trinajstić information content (AvgIpc) is 3.11. The fourth-order valence-electron chi connectivity index (χ4n) is 3.71. The monoisotopic (exact) mass is 457 g/mol. The number of nitrogens with zero attached hydrogens (tertiary/aromatic N) is 4. The van der Waals surface area contributed by atoms with Crippen LogP contribution in [-0.2, 0) is 13.0 Å². The molecule has 0 aliphatic carbocycles. The molecular weight excluding hydrogens is 431 g/mol. The zero-order valence-corrected chi connectivity index (χ0v) is 18.0. The first-order chi connectivity index (χ1) is 14.9. The lowest BCUT2D eigenvalue weighted by molar-refractivity contribution is -0.204. The number of amides is 1. The number of hydrogen-bond acceptors (Lipinski definition) is 7. The summed E-state index contributed by atoms with van der Waals surface area (Å²) >= 11 is 0. The maximum atomic E-state index is 12.5. The van der Waals surface area contributed by atoms with E-state index in [2.05, 4.69) is 20.4 Å². The Morgan fingerprint density at radius 1 is 1.31 bits per heavy atom. The number of hydrogen-bond donors (Lipinski definition) is 3. The molecule has 0 bridgehead atoms. The van der Waals surface area contributed by atoms with E-state index in [1.807, 2.05) is 32.9 Å². The number of halogens is 3. The van der Waals surface area contributed by atoms with E-state index in [1.165, 1.54) is 4.90 Å². The molecule has 1 fully saturated rings. The predicted molar refractivity (Wildman–Crippen MR) is 109 cm³/mol. The zero-order chi connectivity index (χ0) is 23.6. The van der Waals surface area contributed by atoms with E-state index >= 15 is 0 Å². The van der Waals surface area contributed by atoms with E-state index < -0.39 is 24.8 Å². The van der Waals surface area contributed by atoms with E-state index in [-0.39, 0.29) is 17.9 Å². The number of carbonyl (C=O) groups is 1. The van der Waals surface area contributed by atoms with Gasteiger partial charge in [-0.25, -0.2) is 4.79 Å². The van der Waals surface area contributed by atoms with E-state index in [0.29, 0.717) is 31.9 Å². The summed E-state index contributed by atoms with van der Waals surface area (Å²) in [4.78, 5) is 14.9. The summed E-state index contributed by atoms with van der Waals surface area (Å²) in [6, 6.07) is 3.71. The van der Waals surface area contributed by atoms with Gasteiger partial charge in [0.05, 0.1) is 6.42 Å². The Morgan fingerprint density at radius 2 is 2.03 bits per heavy atom. The van der Waals surface area contributed by atoms with Gasteiger partial charge in [-0.15, -0.1) is 5.10 Å². The molecule has 0 spiro atoms. The number of anilines is 2. The first kappa shape index (κ1) is 23.8. The molecule has 0 saturated carbocycles. The number of carboxylic acid groups (broad SMARTS) is 1. The van der Waals surface area contributed by atoms with Crippen LogP contribution in [0.4, 0.5) is 29.7 Å². The van der Waals surface area contributed by atoms with Gasteiger partial charge in [0.1, 0.15) is 0 Å². The van der Waals surface area contributed by atoms with Crippen LogP contribution in [0.5, 0.6) is 0 Å². The summed E-state index contributed by atoms with van der Waals surface area (Å²) in [7, 11) is 0. The van der Waals surface area contributed by atoms with Crippen LogP contribution in [0, 0.1) is 13.8 Å². The zero-order valence-electron chi connectivity index (χ0n) is 18.0. The van der Waals surface area contributed by atoms with E-state index in [0.717, 1.165) is 16.7 Å². The number of aromatic nitrogens is 2. The van der Waals surface area contributed by atoms with Gasteiger partial charge in [-0.2, -0.15) is 13.2 Å². The third-order valence-corrected chi connectivity index (χ3v) is 5.47. The second-order valence-electron chi connectivity index (χ2n) is 8.04. The van der Waals surface area contributed by atoms with Gasteiger partial charge in [0, 0.05) is 37.9 Å². The van der Waals surface area contributed by atoms with Crippen molar-refractivity contribution in [2.24, 2.45) is 0 Å². The topological polar surface area (TPSA) is 115 Å². The van der Waals surface area contributed by atoms with E-state index in [1.54, 1.807) is 0 Å². The smallest absolute Gasteiger partial charge is 0.414 e. The second kappa shape index (κ2) is 9.33. The van der Waals surface area contributed by atoms with Gasteiger partial charge in [0.2, 0.25) is 5.89 Å². The van der Waals surface area contributed by atoms with E-state index in [9.17, 15) is 23.1 Å². The van der Waals surface area contributed by atoms with Crippen molar-refractivity contribution in [1.29, 1.82) is 0 Å². The highest BCUT2D eigenvalue weighted by molar-refractivity contribution is 5.65. The van der Waals surface area contributed by atoms with Crippen molar-refractivity contribution in [3.05, 3.63) is 34.7 Å². The van der Waals surface area contributed by atoms with Crippen LogP contribution in [0.3, 0.4) is 0 Å². The Labute approximate surface area is 182 Å². The van der Waals surface area contributed by atoms with Crippen LogP contribution >= 0.6 is 0 Å². The van der Waals surface area contributed by atoms with Gasteiger partial charge in [0.15, 0.2) is 6.10 Å². The SMILES string of the molecule is Cc1cc(CN2CCN(C(=O)O)[C@@H](C)C2)c(C)c(Nc2nnc(CC(O)C(F)(F)F)o2)c1. The molecule has 32 heavy (non-hydrogen) atoms. The Morgan fingerprint density at radius 3 is 2.66 bits per heavy atom. The number of nitrogens with one attached hydrogen (secondary N) is 1. The van der Waals surface area contributed by atoms with Crippen LogP contribution in [0.2, 0.25) is 0 Å². The molecule has 1 aliphatic heterocycles. The summed E-state index contributed by atoms with van der Waals surface area (Å²) < 4.78 is 42.8. The third-order valence-electron chi connectivity index (χ3n) is 5.47. The molecule has 0 radical (unpaired) electrons. The Hall–Kier alpha value is -2.86. The van der Waals surface area contributed by atoms with Crippen molar-refractivity contribution in [1.82, 2.24) is 20.0 Å². The quantitative estimate of drug-likeness (QED) is 0.606. The van der Waals surface area contributed by atoms with Crippen molar-refractivity contribution in [2.45, 2.75) is 52.1 Å². The minimum Gasteiger partial charge on any atom is -0.465 e. The molecule has 3 N–H and O–H groups in total. The minimum atomic E-state index is -4.77. The molecule has 1 unspecified atom stereocenters. The van der Waals surface area contributed by atoms with Gasteiger partial charge in [-0.3, -0.25) is 4.90 Å². The molecule has 12 heteroatoms. The summed E-state index contributed by atoms with van der Waals surface area (Å²) in [6.07, 6.45) is -9.09. The molecule has 1 amide bonds. The third kappa shape index (κ3) is 5.68. The highest BCUT2D eigenvalue weighted by atomic mass is 19.4. The number of benzene rings is 1. The highest BCUT2D eigenvalue weighted by Gasteiger charge is 2.39. The fourth-order valence-corrected chi connectivity index (χ4v) is 3.71. The number of piperazine rings is 1. The maximum Gasteiger partial charge on any atom is 0.414 e. The van der Waals surface area contributed by atoms with Crippen LogP contribution in [0.25, 0.3) is 0 Å². The Bertz CT molecular complexity index is 965. The number of aliphatic hydroxyl groups is 1. The van der Waals surface area contributed by atoms with Crippen LogP contribution < -0.4 is 5.32 Å². The molecule has 2 heterocycles.